The van der Waals surface area contributed by atoms with Gasteiger partial charge in [-0.05, 0) is 54.8 Å². The average Bonchev–Trinajstić information content (AvgIpc) is 2.84. The zero-order valence-electron chi connectivity index (χ0n) is 18.9. The van der Waals surface area contributed by atoms with E-state index >= 15 is 8.78 Å². The maximum atomic E-state index is 15.2. The third kappa shape index (κ3) is 4.57. The first kappa shape index (κ1) is 24.9. The largest absolute Gasteiger partial charge is 0.491 e. The number of rotatable bonds is 8. The van der Waals surface area contributed by atoms with Crippen LogP contribution in [0.4, 0.5) is 26.3 Å². The molecule has 35 heavy (non-hydrogen) atoms. The maximum absolute atomic E-state index is 15.2. The number of fused-ring (bicyclic) bond motifs is 3. The smallest absolute Gasteiger partial charge is 0.426 e. The Bertz CT molecular complexity index is 1210. The van der Waals surface area contributed by atoms with Gasteiger partial charge in [0.1, 0.15) is 0 Å². The Morgan fingerprint density at radius 2 is 1.29 bits per heavy atom. The first-order valence-corrected chi connectivity index (χ1v) is 11.0. The Labute approximate surface area is 198 Å². The lowest BCUT2D eigenvalue weighted by molar-refractivity contribution is -0.187. The van der Waals surface area contributed by atoms with E-state index in [4.69, 9.17) is 9.47 Å². The van der Waals surface area contributed by atoms with Crippen molar-refractivity contribution in [2.75, 3.05) is 13.2 Å². The molecule has 3 aromatic carbocycles. The maximum Gasteiger partial charge on any atom is 0.426 e. The van der Waals surface area contributed by atoms with Crippen LogP contribution >= 0.6 is 0 Å². The minimum absolute atomic E-state index is 0.0931. The van der Waals surface area contributed by atoms with Crippen molar-refractivity contribution in [1.29, 1.82) is 0 Å². The molecule has 0 fully saturated rings. The van der Waals surface area contributed by atoms with Crippen molar-refractivity contribution in [3.8, 4) is 22.6 Å². The molecule has 9 heteroatoms. The van der Waals surface area contributed by atoms with Gasteiger partial charge in [-0.1, -0.05) is 24.3 Å². The van der Waals surface area contributed by atoms with E-state index in [1.165, 1.54) is 24.3 Å². The lowest BCUT2D eigenvalue weighted by Crippen LogP contribution is -2.23. The molecule has 0 saturated heterocycles. The summed E-state index contributed by atoms with van der Waals surface area (Å²) in [6, 6.07) is 9.53. The molecule has 0 heterocycles. The summed E-state index contributed by atoms with van der Waals surface area (Å²) in [6.45, 7) is 4.18. The lowest BCUT2D eigenvalue weighted by Gasteiger charge is -2.29. The molecule has 0 radical (unpaired) electrons. The van der Waals surface area contributed by atoms with Crippen LogP contribution in [0.5, 0.6) is 11.5 Å². The molecule has 0 spiro atoms. The molecule has 2 unspecified atom stereocenters. The molecule has 4 rings (SSSR count). The van der Waals surface area contributed by atoms with Gasteiger partial charge in [0.25, 0.3) is 0 Å². The SMILES string of the molecule is CCOCc1ccc(C(F)(F)Oc2ccc3c(c2F)C(F)C(F)c2c-3ccc(OCC)c2F)cc1. The van der Waals surface area contributed by atoms with Gasteiger partial charge in [0.05, 0.1) is 18.8 Å². The molecule has 0 aliphatic heterocycles. The molecule has 0 aromatic heterocycles. The molecule has 1 aliphatic carbocycles. The Morgan fingerprint density at radius 1 is 0.743 bits per heavy atom. The fourth-order valence-corrected chi connectivity index (χ4v) is 4.01. The molecular formula is C26H22F6O3. The van der Waals surface area contributed by atoms with E-state index in [9.17, 15) is 17.6 Å². The van der Waals surface area contributed by atoms with E-state index in [0.29, 0.717) is 12.2 Å². The zero-order valence-corrected chi connectivity index (χ0v) is 18.9. The summed E-state index contributed by atoms with van der Waals surface area (Å²) in [7, 11) is 0. The molecule has 0 amide bonds. The minimum atomic E-state index is -3.97. The Balaban J connectivity index is 1.69. The molecule has 0 bridgehead atoms. The summed E-state index contributed by atoms with van der Waals surface area (Å²) in [5.41, 5.74) is -1.58. The van der Waals surface area contributed by atoms with Crippen molar-refractivity contribution in [2.24, 2.45) is 0 Å². The molecule has 0 N–H and O–H groups in total. The highest BCUT2D eigenvalue weighted by molar-refractivity contribution is 5.76. The fraction of sp³-hybridized carbons (Fsp3) is 0.308. The van der Waals surface area contributed by atoms with Gasteiger partial charge in [-0.15, -0.1) is 0 Å². The summed E-state index contributed by atoms with van der Waals surface area (Å²) >= 11 is 0. The first-order chi connectivity index (χ1) is 16.7. The lowest BCUT2D eigenvalue weighted by atomic mass is 9.82. The number of benzene rings is 3. The van der Waals surface area contributed by atoms with E-state index in [2.05, 4.69) is 4.74 Å². The van der Waals surface area contributed by atoms with E-state index in [1.54, 1.807) is 13.8 Å². The topological polar surface area (TPSA) is 27.7 Å². The normalized spacial score (nSPS) is 17.0. The van der Waals surface area contributed by atoms with Gasteiger partial charge in [-0.25, -0.2) is 17.6 Å². The van der Waals surface area contributed by atoms with Gasteiger partial charge < -0.3 is 14.2 Å². The van der Waals surface area contributed by atoms with Crippen LogP contribution in [0.2, 0.25) is 0 Å². The third-order valence-corrected chi connectivity index (χ3v) is 5.69. The van der Waals surface area contributed by atoms with Crippen LogP contribution in [0, 0.1) is 11.6 Å². The van der Waals surface area contributed by atoms with Gasteiger partial charge in [-0.2, -0.15) is 8.78 Å². The Kier molecular flexibility index (Phi) is 6.98. The predicted molar refractivity (Wildman–Crippen MR) is 117 cm³/mol. The molecule has 2 atom stereocenters. The fourth-order valence-electron chi connectivity index (χ4n) is 4.01. The average molecular weight is 496 g/mol. The molecule has 3 nitrogen and oxygen atoms in total. The summed E-state index contributed by atoms with van der Waals surface area (Å²) < 4.78 is 104. The second-order valence-corrected chi connectivity index (χ2v) is 7.87. The second-order valence-electron chi connectivity index (χ2n) is 7.87. The highest BCUT2D eigenvalue weighted by Crippen LogP contribution is 2.52. The van der Waals surface area contributed by atoms with Crippen LogP contribution < -0.4 is 9.47 Å². The van der Waals surface area contributed by atoms with E-state index in [0.717, 1.165) is 24.3 Å². The van der Waals surface area contributed by atoms with Gasteiger partial charge in [-0.3, -0.25) is 0 Å². The minimum Gasteiger partial charge on any atom is -0.491 e. The summed E-state index contributed by atoms with van der Waals surface area (Å²) in [6.07, 6.45) is -9.18. The van der Waals surface area contributed by atoms with Crippen molar-refractivity contribution in [2.45, 2.75) is 38.9 Å². The van der Waals surface area contributed by atoms with Crippen molar-refractivity contribution >= 4 is 0 Å². The highest BCUT2D eigenvalue weighted by Gasteiger charge is 2.42. The Hall–Kier alpha value is -3.20. The summed E-state index contributed by atoms with van der Waals surface area (Å²) in [5.74, 6) is -3.80. The zero-order chi connectivity index (χ0) is 25.3. The molecule has 186 valence electrons. The standard InChI is InChI=1S/C26H22F6O3/c1-3-33-13-14-5-7-15(8-6-14)26(31,32)35-19-12-10-17-16-9-11-18(34-4-2)22(27)20(16)24(29)25(30)21(17)23(19)28/h5-12,24-25H,3-4,13H2,1-2H3. The van der Waals surface area contributed by atoms with Crippen LogP contribution in [0.3, 0.4) is 0 Å². The van der Waals surface area contributed by atoms with Crippen molar-refractivity contribution < 1.29 is 40.6 Å². The highest BCUT2D eigenvalue weighted by atomic mass is 19.3. The van der Waals surface area contributed by atoms with Gasteiger partial charge in [0, 0.05) is 17.7 Å². The van der Waals surface area contributed by atoms with Crippen LogP contribution in [-0.4, -0.2) is 13.2 Å². The van der Waals surface area contributed by atoms with Crippen molar-refractivity contribution in [3.05, 3.63) is 82.4 Å². The number of alkyl halides is 4. The first-order valence-electron chi connectivity index (χ1n) is 11.0. The molecule has 0 saturated carbocycles. The van der Waals surface area contributed by atoms with Gasteiger partial charge >= 0.3 is 6.11 Å². The van der Waals surface area contributed by atoms with Crippen LogP contribution in [0.25, 0.3) is 11.1 Å². The van der Waals surface area contributed by atoms with Crippen LogP contribution in [0.1, 0.15) is 48.4 Å². The quantitative estimate of drug-likeness (QED) is 0.299. The van der Waals surface area contributed by atoms with Crippen molar-refractivity contribution in [3.63, 3.8) is 0 Å². The van der Waals surface area contributed by atoms with Gasteiger partial charge in [0.2, 0.25) is 0 Å². The summed E-state index contributed by atoms with van der Waals surface area (Å²) in [5, 5.41) is 0. The summed E-state index contributed by atoms with van der Waals surface area (Å²) in [4.78, 5) is 0. The van der Waals surface area contributed by atoms with Crippen LogP contribution in [-0.2, 0) is 17.5 Å². The second kappa shape index (κ2) is 9.81. The number of hydrogen-bond donors (Lipinski definition) is 0. The Morgan fingerprint density at radius 3 is 1.83 bits per heavy atom. The number of hydrogen-bond acceptors (Lipinski definition) is 3. The van der Waals surface area contributed by atoms with E-state index < -0.39 is 52.5 Å². The van der Waals surface area contributed by atoms with E-state index in [1.807, 2.05) is 0 Å². The molecular weight excluding hydrogens is 474 g/mol. The molecule has 1 aliphatic rings. The van der Waals surface area contributed by atoms with Gasteiger partial charge in [0.15, 0.2) is 35.5 Å². The monoisotopic (exact) mass is 496 g/mol. The molecule has 3 aromatic rings. The predicted octanol–water partition coefficient (Wildman–Crippen LogP) is 7.73. The number of ether oxygens (including phenoxy) is 3. The third-order valence-electron chi connectivity index (χ3n) is 5.69. The number of halogens is 6. The van der Waals surface area contributed by atoms with Crippen molar-refractivity contribution in [1.82, 2.24) is 0 Å². The van der Waals surface area contributed by atoms with Crippen LogP contribution in [0.15, 0.2) is 48.5 Å². The van der Waals surface area contributed by atoms with E-state index in [-0.39, 0.29) is 30.1 Å².